The van der Waals surface area contributed by atoms with Crippen molar-refractivity contribution in [3.8, 4) is 0 Å². The van der Waals surface area contributed by atoms with Crippen molar-refractivity contribution >= 4 is 23.2 Å². The minimum absolute atomic E-state index is 0.294. The van der Waals surface area contributed by atoms with Crippen LogP contribution in [-0.4, -0.2) is 32.0 Å². The summed E-state index contributed by atoms with van der Waals surface area (Å²) >= 11 is 1.67. The molecular formula is C17H21FN4OS. The Balaban J connectivity index is 1.70. The standard InChI is InChI=1S/C17H21FN4OS/c1-12-5-6-13(10-15(12)18)16(23)20-7-8-21-17(19-2)22-11-14-4-3-9-24-14/h3-6,9-10H,7-8,11H2,1-2H3,(H,20,23)(H2,19,21,22). The van der Waals surface area contributed by atoms with Gasteiger partial charge in [0.25, 0.3) is 5.91 Å². The van der Waals surface area contributed by atoms with E-state index in [2.05, 4.69) is 20.9 Å². The number of hydrogen-bond donors (Lipinski definition) is 3. The summed E-state index contributed by atoms with van der Waals surface area (Å²) < 4.78 is 13.5. The number of carbonyl (C=O) groups excluding carboxylic acids is 1. The van der Waals surface area contributed by atoms with Gasteiger partial charge in [-0.15, -0.1) is 11.3 Å². The Hall–Kier alpha value is -2.41. The summed E-state index contributed by atoms with van der Waals surface area (Å²) in [5, 5.41) is 11.1. The molecule has 1 amide bonds. The number of thiophene rings is 1. The number of hydrogen-bond acceptors (Lipinski definition) is 3. The fraction of sp³-hybridized carbons (Fsp3) is 0.294. The first-order valence-electron chi connectivity index (χ1n) is 7.61. The normalized spacial score (nSPS) is 11.2. The van der Waals surface area contributed by atoms with E-state index in [1.807, 2.05) is 17.5 Å². The second-order valence-corrected chi connectivity index (χ2v) is 6.18. The van der Waals surface area contributed by atoms with Crippen LogP contribution in [0.15, 0.2) is 40.7 Å². The Morgan fingerprint density at radius 2 is 2.00 bits per heavy atom. The molecule has 7 heteroatoms. The summed E-state index contributed by atoms with van der Waals surface area (Å²) in [5.74, 6) is -0.00443. The van der Waals surface area contributed by atoms with Crippen molar-refractivity contribution in [2.45, 2.75) is 13.5 Å². The monoisotopic (exact) mass is 348 g/mol. The van der Waals surface area contributed by atoms with Crippen molar-refractivity contribution in [1.29, 1.82) is 0 Å². The Kier molecular flexibility index (Phi) is 6.74. The second kappa shape index (κ2) is 9.02. The molecule has 3 N–H and O–H groups in total. The molecule has 128 valence electrons. The van der Waals surface area contributed by atoms with E-state index in [4.69, 9.17) is 0 Å². The molecule has 0 saturated carbocycles. The average Bonchev–Trinajstić information content (AvgIpc) is 3.10. The molecule has 0 aliphatic rings. The van der Waals surface area contributed by atoms with Crippen molar-refractivity contribution in [3.63, 3.8) is 0 Å². The maximum Gasteiger partial charge on any atom is 0.251 e. The van der Waals surface area contributed by atoms with Gasteiger partial charge in [-0.2, -0.15) is 0 Å². The van der Waals surface area contributed by atoms with Gasteiger partial charge in [0, 0.05) is 30.6 Å². The molecule has 0 fully saturated rings. The van der Waals surface area contributed by atoms with Gasteiger partial charge < -0.3 is 16.0 Å². The van der Waals surface area contributed by atoms with E-state index in [0.717, 1.165) is 0 Å². The summed E-state index contributed by atoms with van der Waals surface area (Å²) in [5.41, 5.74) is 0.840. The van der Waals surface area contributed by atoms with Crippen LogP contribution in [0.25, 0.3) is 0 Å². The van der Waals surface area contributed by atoms with Crippen molar-refractivity contribution < 1.29 is 9.18 Å². The van der Waals surface area contributed by atoms with Crippen LogP contribution >= 0.6 is 11.3 Å². The van der Waals surface area contributed by atoms with Crippen molar-refractivity contribution in [2.24, 2.45) is 4.99 Å². The molecule has 2 aromatic rings. The fourth-order valence-electron chi connectivity index (χ4n) is 2.00. The highest BCUT2D eigenvalue weighted by atomic mass is 32.1. The van der Waals surface area contributed by atoms with Crippen LogP contribution < -0.4 is 16.0 Å². The number of halogens is 1. The number of carbonyl (C=O) groups is 1. The lowest BCUT2D eigenvalue weighted by Crippen LogP contribution is -2.41. The second-order valence-electron chi connectivity index (χ2n) is 5.15. The maximum absolute atomic E-state index is 13.5. The number of aliphatic imine (C=N–C) groups is 1. The van der Waals surface area contributed by atoms with Crippen LogP contribution in [0.5, 0.6) is 0 Å². The van der Waals surface area contributed by atoms with Gasteiger partial charge in [0.15, 0.2) is 5.96 Å². The van der Waals surface area contributed by atoms with Crippen LogP contribution in [-0.2, 0) is 6.54 Å². The van der Waals surface area contributed by atoms with Gasteiger partial charge in [0.05, 0.1) is 6.54 Å². The number of aryl methyl sites for hydroxylation is 1. The summed E-state index contributed by atoms with van der Waals surface area (Å²) in [6, 6.07) is 8.51. The summed E-state index contributed by atoms with van der Waals surface area (Å²) in [7, 11) is 1.69. The summed E-state index contributed by atoms with van der Waals surface area (Å²) in [4.78, 5) is 17.3. The van der Waals surface area contributed by atoms with E-state index in [1.165, 1.54) is 10.9 Å². The first-order chi connectivity index (χ1) is 11.6. The van der Waals surface area contributed by atoms with Gasteiger partial charge in [-0.3, -0.25) is 9.79 Å². The minimum atomic E-state index is -0.376. The third-order valence-electron chi connectivity index (χ3n) is 3.37. The van der Waals surface area contributed by atoms with E-state index < -0.39 is 0 Å². The molecule has 0 unspecified atom stereocenters. The molecule has 1 aromatic carbocycles. The van der Waals surface area contributed by atoms with E-state index in [-0.39, 0.29) is 11.7 Å². The van der Waals surface area contributed by atoms with Crippen molar-refractivity contribution in [3.05, 3.63) is 57.5 Å². The number of nitrogens with one attached hydrogen (secondary N) is 3. The Labute approximate surface area is 145 Å². The Morgan fingerprint density at radius 3 is 2.67 bits per heavy atom. The van der Waals surface area contributed by atoms with Gasteiger partial charge in [-0.25, -0.2) is 4.39 Å². The molecule has 0 spiro atoms. The number of guanidine groups is 1. The molecule has 0 atom stereocenters. The molecular weight excluding hydrogens is 327 g/mol. The lowest BCUT2D eigenvalue weighted by Gasteiger charge is -2.12. The molecule has 1 aromatic heterocycles. The van der Waals surface area contributed by atoms with Crippen LogP contribution in [0, 0.1) is 12.7 Å². The smallest absolute Gasteiger partial charge is 0.251 e. The number of amides is 1. The molecule has 24 heavy (non-hydrogen) atoms. The minimum Gasteiger partial charge on any atom is -0.355 e. The molecule has 5 nitrogen and oxygen atoms in total. The van der Waals surface area contributed by atoms with Crippen molar-refractivity contribution in [1.82, 2.24) is 16.0 Å². The molecule has 0 bridgehead atoms. The first-order valence-corrected chi connectivity index (χ1v) is 8.49. The predicted molar refractivity (Wildman–Crippen MR) is 96.0 cm³/mol. The lowest BCUT2D eigenvalue weighted by molar-refractivity contribution is 0.0954. The van der Waals surface area contributed by atoms with Gasteiger partial charge in [0.2, 0.25) is 0 Å². The largest absolute Gasteiger partial charge is 0.355 e. The third-order valence-corrected chi connectivity index (χ3v) is 4.25. The van der Waals surface area contributed by atoms with E-state index >= 15 is 0 Å². The lowest BCUT2D eigenvalue weighted by atomic mass is 10.1. The van der Waals surface area contributed by atoms with Gasteiger partial charge in [-0.05, 0) is 36.1 Å². The van der Waals surface area contributed by atoms with Crippen LogP contribution in [0.2, 0.25) is 0 Å². The highest BCUT2D eigenvalue weighted by Gasteiger charge is 2.07. The zero-order chi connectivity index (χ0) is 17.4. The molecule has 1 heterocycles. The SMILES string of the molecule is CN=C(NCCNC(=O)c1ccc(C)c(F)c1)NCc1cccs1. The van der Waals surface area contributed by atoms with Gasteiger partial charge >= 0.3 is 0 Å². The van der Waals surface area contributed by atoms with E-state index in [0.29, 0.717) is 36.7 Å². The number of nitrogens with zero attached hydrogens (tertiary/aromatic N) is 1. The highest BCUT2D eigenvalue weighted by molar-refractivity contribution is 7.09. The molecule has 0 saturated heterocycles. The van der Waals surface area contributed by atoms with E-state index in [9.17, 15) is 9.18 Å². The summed E-state index contributed by atoms with van der Waals surface area (Å²) in [6.07, 6.45) is 0. The quantitative estimate of drug-likeness (QED) is 0.426. The molecule has 0 aliphatic carbocycles. The number of rotatable bonds is 6. The zero-order valence-electron chi connectivity index (χ0n) is 13.7. The molecule has 2 rings (SSSR count). The third kappa shape index (κ3) is 5.34. The summed E-state index contributed by atoms with van der Waals surface area (Å²) in [6.45, 7) is 3.29. The first kappa shape index (κ1) is 17.9. The number of benzene rings is 1. The topological polar surface area (TPSA) is 65.5 Å². The van der Waals surface area contributed by atoms with Crippen LogP contribution in [0.1, 0.15) is 20.8 Å². The average molecular weight is 348 g/mol. The fourth-order valence-corrected chi connectivity index (χ4v) is 2.64. The van der Waals surface area contributed by atoms with Crippen LogP contribution in [0.3, 0.4) is 0 Å². The Bertz CT molecular complexity index is 701. The zero-order valence-corrected chi connectivity index (χ0v) is 14.5. The van der Waals surface area contributed by atoms with Crippen molar-refractivity contribution in [2.75, 3.05) is 20.1 Å². The van der Waals surface area contributed by atoms with E-state index in [1.54, 1.807) is 37.4 Å². The predicted octanol–water partition coefficient (Wildman–Crippen LogP) is 2.29. The van der Waals surface area contributed by atoms with Crippen LogP contribution in [0.4, 0.5) is 4.39 Å². The highest BCUT2D eigenvalue weighted by Crippen LogP contribution is 2.09. The maximum atomic E-state index is 13.5. The molecule has 0 radical (unpaired) electrons. The Morgan fingerprint density at radius 1 is 1.21 bits per heavy atom. The molecule has 0 aliphatic heterocycles. The van der Waals surface area contributed by atoms with Gasteiger partial charge in [-0.1, -0.05) is 12.1 Å². The van der Waals surface area contributed by atoms with Gasteiger partial charge in [0.1, 0.15) is 5.82 Å².